The van der Waals surface area contributed by atoms with E-state index < -0.39 is 0 Å². The van der Waals surface area contributed by atoms with Gasteiger partial charge >= 0.3 is 0 Å². The van der Waals surface area contributed by atoms with Crippen LogP contribution in [0.5, 0.6) is 0 Å². The molecular formula is C17H30N2O2. The highest BCUT2D eigenvalue weighted by Crippen LogP contribution is 2.39. The van der Waals surface area contributed by atoms with Gasteiger partial charge in [0, 0.05) is 26.3 Å². The highest BCUT2D eigenvalue weighted by molar-refractivity contribution is 5.82. The molecule has 0 unspecified atom stereocenters. The van der Waals surface area contributed by atoms with Crippen molar-refractivity contribution < 1.29 is 9.53 Å². The first-order valence-electron chi connectivity index (χ1n) is 8.77. The maximum Gasteiger partial charge on any atom is 0.239 e. The minimum Gasteiger partial charge on any atom is -0.381 e. The first-order valence-corrected chi connectivity index (χ1v) is 8.77. The lowest BCUT2D eigenvalue weighted by atomic mass is 9.74. The monoisotopic (exact) mass is 294 g/mol. The van der Waals surface area contributed by atoms with Crippen LogP contribution in [0.1, 0.15) is 51.4 Å². The zero-order chi connectivity index (χ0) is 14.7. The summed E-state index contributed by atoms with van der Waals surface area (Å²) in [4.78, 5) is 17.5. The van der Waals surface area contributed by atoms with Crippen molar-refractivity contribution in [1.29, 1.82) is 0 Å². The smallest absolute Gasteiger partial charge is 0.239 e. The number of rotatable bonds is 1. The molecule has 0 aromatic carbocycles. The molecule has 0 aliphatic carbocycles. The van der Waals surface area contributed by atoms with Crippen LogP contribution in [0.2, 0.25) is 0 Å². The van der Waals surface area contributed by atoms with Crippen LogP contribution in [0.25, 0.3) is 0 Å². The Bertz CT molecular complexity index is 360. The molecule has 3 saturated heterocycles. The van der Waals surface area contributed by atoms with Crippen molar-refractivity contribution in [3.05, 3.63) is 0 Å². The van der Waals surface area contributed by atoms with E-state index in [1.54, 1.807) is 0 Å². The number of hydrogen-bond acceptors (Lipinski definition) is 3. The standard InChI is InChI=1S/C17H30N2O2/c1-18-10-4-2-3-6-15(18)16(20)19-11-5-7-17(14-19)8-12-21-13-9-17/h15H,2-14H2,1H3/t15-/m0/s1. The van der Waals surface area contributed by atoms with Gasteiger partial charge in [-0.1, -0.05) is 12.8 Å². The third-order valence-electron chi connectivity index (χ3n) is 5.83. The summed E-state index contributed by atoms with van der Waals surface area (Å²) in [6, 6.07) is 0.127. The first-order chi connectivity index (χ1) is 10.2. The van der Waals surface area contributed by atoms with Crippen molar-refractivity contribution >= 4 is 5.91 Å². The van der Waals surface area contributed by atoms with Crippen molar-refractivity contribution in [1.82, 2.24) is 9.80 Å². The quantitative estimate of drug-likeness (QED) is 0.744. The van der Waals surface area contributed by atoms with Crippen LogP contribution in [0.3, 0.4) is 0 Å². The molecule has 0 aromatic rings. The molecule has 21 heavy (non-hydrogen) atoms. The molecule has 3 heterocycles. The van der Waals surface area contributed by atoms with Gasteiger partial charge in [0.2, 0.25) is 5.91 Å². The third kappa shape index (κ3) is 3.42. The van der Waals surface area contributed by atoms with Crippen molar-refractivity contribution in [2.24, 2.45) is 5.41 Å². The fourth-order valence-electron chi connectivity index (χ4n) is 4.38. The molecule has 0 aromatic heterocycles. The molecule has 0 radical (unpaired) electrons. The van der Waals surface area contributed by atoms with Crippen LogP contribution in [0, 0.1) is 5.41 Å². The fourth-order valence-corrected chi connectivity index (χ4v) is 4.38. The normalized spacial score (nSPS) is 31.1. The number of likely N-dealkylation sites (N-methyl/N-ethyl adjacent to an activating group) is 1. The molecule has 3 aliphatic heterocycles. The second kappa shape index (κ2) is 6.66. The number of carbonyl (C=O) groups is 1. The van der Waals surface area contributed by atoms with E-state index in [9.17, 15) is 4.79 Å². The molecule has 3 rings (SSSR count). The van der Waals surface area contributed by atoms with Crippen molar-refractivity contribution in [3.63, 3.8) is 0 Å². The second-order valence-corrected chi connectivity index (χ2v) is 7.32. The van der Waals surface area contributed by atoms with Gasteiger partial charge in [-0.25, -0.2) is 0 Å². The number of hydrogen-bond donors (Lipinski definition) is 0. The van der Waals surface area contributed by atoms with Gasteiger partial charge in [0.05, 0.1) is 6.04 Å². The Balaban J connectivity index is 1.65. The Morgan fingerprint density at radius 1 is 1.05 bits per heavy atom. The highest BCUT2D eigenvalue weighted by atomic mass is 16.5. The maximum atomic E-state index is 13.0. The van der Waals surface area contributed by atoms with E-state index in [2.05, 4.69) is 16.8 Å². The summed E-state index contributed by atoms with van der Waals surface area (Å²) in [7, 11) is 2.13. The van der Waals surface area contributed by atoms with E-state index in [4.69, 9.17) is 4.74 Å². The zero-order valence-electron chi connectivity index (χ0n) is 13.5. The van der Waals surface area contributed by atoms with E-state index in [0.29, 0.717) is 11.3 Å². The van der Waals surface area contributed by atoms with Crippen molar-refractivity contribution in [2.45, 2.75) is 57.4 Å². The predicted molar refractivity (Wildman–Crippen MR) is 83.2 cm³/mol. The molecule has 1 amide bonds. The average molecular weight is 294 g/mol. The van der Waals surface area contributed by atoms with Crippen LogP contribution >= 0.6 is 0 Å². The molecular weight excluding hydrogens is 264 g/mol. The minimum absolute atomic E-state index is 0.127. The number of amides is 1. The van der Waals surface area contributed by atoms with E-state index in [-0.39, 0.29) is 6.04 Å². The van der Waals surface area contributed by atoms with Crippen LogP contribution in [0.4, 0.5) is 0 Å². The van der Waals surface area contributed by atoms with Gasteiger partial charge in [0.1, 0.15) is 0 Å². The lowest BCUT2D eigenvalue weighted by Gasteiger charge is -2.46. The predicted octanol–water partition coefficient (Wildman–Crippen LogP) is 2.28. The van der Waals surface area contributed by atoms with Gasteiger partial charge in [0.25, 0.3) is 0 Å². The molecule has 0 bridgehead atoms. The lowest BCUT2D eigenvalue weighted by molar-refractivity contribution is -0.142. The first kappa shape index (κ1) is 15.3. The van der Waals surface area contributed by atoms with E-state index in [0.717, 1.165) is 52.1 Å². The van der Waals surface area contributed by atoms with Crippen LogP contribution in [-0.2, 0) is 9.53 Å². The lowest BCUT2D eigenvalue weighted by Crippen LogP contribution is -2.53. The van der Waals surface area contributed by atoms with Crippen LogP contribution < -0.4 is 0 Å². The maximum absolute atomic E-state index is 13.0. The summed E-state index contributed by atoms with van der Waals surface area (Å²) in [6.07, 6.45) is 9.48. The molecule has 120 valence electrons. The number of likely N-dealkylation sites (tertiary alicyclic amines) is 2. The van der Waals surface area contributed by atoms with E-state index in [1.807, 2.05) is 0 Å². The van der Waals surface area contributed by atoms with Crippen LogP contribution in [-0.4, -0.2) is 61.6 Å². The molecule has 1 spiro atoms. The largest absolute Gasteiger partial charge is 0.381 e. The molecule has 4 nitrogen and oxygen atoms in total. The van der Waals surface area contributed by atoms with Gasteiger partial charge in [-0.3, -0.25) is 9.69 Å². The second-order valence-electron chi connectivity index (χ2n) is 7.32. The summed E-state index contributed by atoms with van der Waals surface area (Å²) < 4.78 is 5.53. The van der Waals surface area contributed by atoms with Gasteiger partial charge in [-0.2, -0.15) is 0 Å². The van der Waals surface area contributed by atoms with Gasteiger partial charge < -0.3 is 9.64 Å². The summed E-state index contributed by atoms with van der Waals surface area (Å²) in [5, 5.41) is 0. The summed E-state index contributed by atoms with van der Waals surface area (Å²) >= 11 is 0. The summed E-state index contributed by atoms with van der Waals surface area (Å²) in [5.41, 5.74) is 0.357. The molecule has 3 fully saturated rings. The van der Waals surface area contributed by atoms with Gasteiger partial charge in [0.15, 0.2) is 0 Å². The molecule has 4 heteroatoms. The fraction of sp³-hybridized carbons (Fsp3) is 0.941. The number of carbonyl (C=O) groups excluding carboxylic acids is 1. The average Bonchev–Trinajstić information content (AvgIpc) is 2.72. The molecule has 3 aliphatic rings. The Hall–Kier alpha value is -0.610. The number of ether oxygens (including phenoxy) is 1. The van der Waals surface area contributed by atoms with E-state index >= 15 is 0 Å². The number of piperidine rings is 1. The Morgan fingerprint density at radius 3 is 2.67 bits per heavy atom. The molecule has 1 atom stereocenters. The SMILES string of the molecule is CN1CCCCC[C@H]1C(=O)N1CCCC2(CCOCC2)C1. The number of nitrogens with zero attached hydrogens (tertiary/aromatic N) is 2. The molecule has 0 saturated carbocycles. The molecule has 0 N–H and O–H groups in total. The Labute approximate surface area is 128 Å². The Morgan fingerprint density at radius 2 is 1.86 bits per heavy atom. The topological polar surface area (TPSA) is 32.8 Å². The van der Waals surface area contributed by atoms with Crippen LogP contribution in [0.15, 0.2) is 0 Å². The zero-order valence-corrected chi connectivity index (χ0v) is 13.5. The minimum atomic E-state index is 0.127. The van der Waals surface area contributed by atoms with Gasteiger partial charge in [-0.05, 0) is 57.5 Å². The van der Waals surface area contributed by atoms with Gasteiger partial charge in [-0.15, -0.1) is 0 Å². The highest BCUT2D eigenvalue weighted by Gasteiger charge is 2.40. The third-order valence-corrected chi connectivity index (χ3v) is 5.83. The van der Waals surface area contributed by atoms with Crippen molar-refractivity contribution in [3.8, 4) is 0 Å². The Kier molecular flexibility index (Phi) is 4.85. The van der Waals surface area contributed by atoms with E-state index in [1.165, 1.54) is 32.1 Å². The van der Waals surface area contributed by atoms with Crippen molar-refractivity contribution in [2.75, 3.05) is 39.9 Å². The summed E-state index contributed by atoms with van der Waals surface area (Å²) in [6.45, 7) is 4.77. The summed E-state index contributed by atoms with van der Waals surface area (Å²) in [5.74, 6) is 0.393.